The van der Waals surface area contributed by atoms with Gasteiger partial charge in [-0.25, -0.2) is 17.9 Å². The summed E-state index contributed by atoms with van der Waals surface area (Å²) in [5, 5.41) is 0. The highest BCUT2D eigenvalue weighted by atomic mass is 32.2. The van der Waals surface area contributed by atoms with E-state index in [2.05, 4.69) is 9.62 Å². The van der Waals surface area contributed by atoms with Crippen molar-refractivity contribution in [2.24, 2.45) is 14.1 Å². The molecular formula is C19H26N4O5S. The monoisotopic (exact) mass is 422 g/mol. The fourth-order valence-electron chi connectivity index (χ4n) is 3.33. The number of morpholine rings is 1. The van der Waals surface area contributed by atoms with Gasteiger partial charge in [0.15, 0.2) is 4.90 Å². The van der Waals surface area contributed by atoms with Crippen molar-refractivity contribution in [2.45, 2.75) is 17.4 Å². The summed E-state index contributed by atoms with van der Waals surface area (Å²) in [4.78, 5) is 26.1. The van der Waals surface area contributed by atoms with Gasteiger partial charge in [-0.3, -0.25) is 14.3 Å². The SMILES string of the molecule is Cn1cc(S(=O)(=O)N[C@@H](CCN2CCOCC2)c2ccccc2)c(=O)n(C)c1=O. The zero-order valence-electron chi connectivity index (χ0n) is 16.6. The summed E-state index contributed by atoms with van der Waals surface area (Å²) in [7, 11) is -1.47. The Bertz CT molecular complexity index is 1060. The lowest BCUT2D eigenvalue weighted by atomic mass is 10.0. The van der Waals surface area contributed by atoms with Crippen molar-refractivity contribution in [1.29, 1.82) is 0 Å². The maximum absolute atomic E-state index is 13.0. The molecule has 0 aliphatic carbocycles. The molecule has 158 valence electrons. The number of nitrogens with zero attached hydrogens (tertiary/aromatic N) is 3. The lowest BCUT2D eigenvalue weighted by Gasteiger charge is -2.28. The van der Waals surface area contributed by atoms with Crippen molar-refractivity contribution in [3.8, 4) is 0 Å². The topological polar surface area (TPSA) is 103 Å². The molecule has 10 heteroatoms. The summed E-state index contributed by atoms with van der Waals surface area (Å²) in [6, 6.07) is 8.75. The molecule has 1 fully saturated rings. The fraction of sp³-hybridized carbons (Fsp3) is 0.474. The molecule has 1 aliphatic heterocycles. The third-order valence-corrected chi connectivity index (χ3v) is 6.50. The molecule has 1 N–H and O–H groups in total. The summed E-state index contributed by atoms with van der Waals surface area (Å²) < 4.78 is 36.0. The first-order valence-corrected chi connectivity index (χ1v) is 10.9. The van der Waals surface area contributed by atoms with Gasteiger partial charge in [-0.05, 0) is 12.0 Å². The summed E-state index contributed by atoms with van der Waals surface area (Å²) in [6.07, 6.45) is 1.60. The molecule has 2 aromatic rings. The van der Waals surface area contributed by atoms with Gasteiger partial charge in [0.05, 0.1) is 13.2 Å². The van der Waals surface area contributed by atoms with Crippen molar-refractivity contribution in [2.75, 3.05) is 32.8 Å². The van der Waals surface area contributed by atoms with E-state index in [4.69, 9.17) is 4.74 Å². The van der Waals surface area contributed by atoms with E-state index in [0.717, 1.165) is 34.0 Å². The Labute approximate surface area is 169 Å². The second-order valence-corrected chi connectivity index (χ2v) is 8.76. The van der Waals surface area contributed by atoms with Crippen LogP contribution in [0.1, 0.15) is 18.0 Å². The quantitative estimate of drug-likeness (QED) is 0.664. The van der Waals surface area contributed by atoms with Crippen LogP contribution in [0, 0.1) is 0 Å². The van der Waals surface area contributed by atoms with Crippen LogP contribution in [0.4, 0.5) is 0 Å². The number of hydrogen-bond acceptors (Lipinski definition) is 6. The normalized spacial score (nSPS) is 16.6. The third kappa shape index (κ3) is 5.02. The van der Waals surface area contributed by atoms with Crippen molar-refractivity contribution < 1.29 is 13.2 Å². The number of ether oxygens (including phenoxy) is 1. The van der Waals surface area contributed by atoms with Gasteiger partial charge in [0.25, 0.3) is 5.56 Å². The van der Waals surface area contributed by atoms with Gasteiger partial charge in [-0.15, -0.1) is 0 Å². The molecule has 29 heavy (non-hydrogen) atoms. The molecule has 1 atom stereocenters. The van der Waals surface area contributed by atoms with Gasteiger partial charge in [0.2, 0.25) is 10.0 Å². The Morgan fingerprint density at radius 1 is 1.10 bits per heavy atom. The molecule has 0 spiro atoms. The zero-order chi connectivity index (χ0) is 21.0. The molecule has 1 aliphatic rings. The Hall–Kier alpha value is -2.27. The molecule has 0 bridgehead atoms. The fourth-order valence-corrected chi connectivity index (χ4v) is 4.74. The van der Waals surface area contributed by atoms with Crippen LogP contribution in [-0.4, -0.2) is 55.3 Å². The standard InChI is InChI=1S/C19H26N4O5S/c1-21-14-17(18(24)22(2)19(21)25)29(26,27)20-16(15-6-4-3-5-7-15)8-9-23-10-12-28-13-11-23/h3-7,14,16,20H,8-13H2,1-2H3/t16-/m0/s1. The minimum atomic E-state index is -4.14. The van der Waals surface area contributed by atoms with E-state index >= 15 is 0 Å². The van der Waals surface area contributed by atoms with Gasteiger partial charge in [0.1, 0.15) is 0 Å². The molecule has 9 nitrogen and oxygen atoms in total. The summed E-state index contributed by atoms with van der Waals surface area (Å²) in [5.41, 5.74) is -0.618. The van der Waals surface area contributed by atoms with Crippen molar-refractivity contribution in [1.82, 2.24) is 18.8 Å². The van der Waals surface area contributed by atoms with Gasteiger partial charge in [0, 0.05) is 46.0 Å². The first-order valence-electron chi connectivity index (χ1n) is 9.43. The van der Waals surface area contributed by atoms with E-state index < -0.39 is 32.2 Å². The van der Waals surface area contributed by atoms with E-state index in [1.807, 2.05) is 30.3 Å². The van der Waals surface area contributed by atoms with Crippen LogP contribution in [0.2, 0.25) is 0 Å². The third-order valence-electron chi connectivity index (χ3n) is 5.04. The molecule has 2 heterocycles. The molecule has 0 saturated carbocycles. The van der Waals surface area contributed by atoms with Gasteiger partial charge < -0.3 is 9.30 Å². The lowest BCUT2D eigenvalue weighted by molar-refractivity contribution is 0.0364. The highest BCUT2D eigenvalue weighted by molar-refractivity contribution is 7.89. The number of hydrogen-bond donors (Lipinski definition) is 1. The highest BCUT2D eigenvalue weighted by Gasteiger charge is 2.26. The molecule has 0 unspecified atom stereocenters. The first kappa shape index (κ1) is 21.4. The van der Waals surface area contributed by atoms with Crippen LogP contribution < -0.4 is 16.0 Å². The molecule has 1 saturated heterocycles. The molecule has 1 aromatic heterocycles. The smallest absolute Gasteiger partial charge is 0.330 e. The number of aryl methyl sites for hydroxylation is 1. The molecule has 1 aromatic carbocycles. The predicted molar refractivity (Wildman–Crippen MR) is 108 cm³/mol. The van der Waals surface area contributed by atoms with E-state index in [9.17, 15) is 18.0 Å². The summed E-state index contributed by atoms with van der Waals surface area (Å²) in [6.45, 7) is 3.62. The molecule has 3 rings (SSSR count). The number of rotatable bonds is 7. The average Bonchev–Trinajstić information content (AvgIpc) is 2.73. The van der Waals surface area contributed by atoms with Crippen LogP contribution >= 0.6 is 0 Å². The van der Waals surface area contributed by atoms with Crippen molar-refractivity contribution in [3.63, 3.8) is 0 Å². The van der Waals surface area contributed by atoms with Crippen molar-refractivity contribution in [3.05, 3.63) is 62.9 Å². The zero-order valence-corrected chi connectivity index (χ0v) is 17.4. The average molecular weight is 423 g/mol. The largest absolute Gasteiger partial charge is 0.379 e. The molecule has 0 amide bonds. The minimum absolute atomic E-state index is 0.450. The lowest BCUT2D eigenvalue weighted by Crippen LogP contribution is -2.43. The second-order valence-electron chi connectivity index (χ2n) is 7.08. The summed E-state index contributed by atoms with van der Waals surface area (Å²) in [5.74, 6) is 0. The number of nitrogens with one attached hydrogen (secondary N) is 1. The van der Waals surface area contributed by atoms with E-state index in [1.165, 1.54) is 14.1 Å². The van der Waals surface area contributed by atoms with Crippen LogP contribution in [0.5, 0.6) is 0 Å². The van der Waals surface area contributed by atoms with Crippen LogP contribution in [0.3, 0.4) is 0 Å². The second kappa shape index (κ2) is 9.04. The number of aromatic nitrogens is 2. The molecular weight excluding hydrogens is 396 g/mol. The summed E-state index contributed by atoms with van der Waals surface area (Å²) >= 11 is 0. The highest BCUT2D eigenvalue weighted by Crippen LogP contribution is 2.20. The van der Waals surface area contributed by atoms with Gasteiger partial charge in [-0.2, -0.15) is 0 Å². The van der Waals surface area contributed by atoms with E-state index in [-0.39, 0.29) is 0 Å². The number of sulfonamides is 1. The van der Waals surface area contributed by atoms with Crippen LogP contribution in [-0.2, 0) is 28.9 Å². The maximum Gasteiger partial charge on any atom is 0.330 e. The van der Waals surface area contributed by atoms with E-state index in [1.54, 1.807) is 0 Å². The Kier molecular flexibility index (Phi) is 6.68. The van der Waals surface area contributed by atoms with Crippen LogP contribution in [0.25, 0.3) is 0 Å². The Morgan fingerprint density at radius 3 is 2.41 bits per heavy atom. The van der Waals surface area contributed by atoms with Gasteiger partial charge >= 0.3 is 5.69 Å². The van der Waals surface area contributed by atoms with Crippen molar-refractivity contribution >= 4 is 10.0 Å². The predicted octanol–water partition coefficient (Wildman–Crippen LogP) is -0.174. The molecule has 0 radical (unpaired) electrons. The minimum Gasteiger partial charge on any atom is -0.379 e. The maximum atomic E-state index is 13.0. The first-order chi connectivity index (χ1) is 13.8. The number of benzene rings is 1. The Balaban J connectivity index is 1.88. The van der Waals surface area contributed by atoms with Crippen LogP contribution in [0.15, 0.2) is 51.0 Å². The van der Waals surface area contributed by atoms with Gasteiger partial charge in [-0.1, -0.05) is 30.3 Å². The van der Waals surface area contributed by atoms with E-state index in [0.29, 0.717) is 26.2 Å². The Morgan fingerprint density at radius 2 is 1.76 bits per heavy atom.